The van der Waals surface area contributed by atoms with Crippen molar-refractivity contribution in [3.8, 4) is 5.75 Å². The van der Waals surface area contributed by atoms with E-state index in [0.29, 0.717) is 24.2 Å². The van der Waals surface area contributed by atoms with E-state index in [1.807, 2.05) is 24.3 Å². The van der Waals surface area contributed by atoms with Gasteiger partial charge in [-0.15, -0.1) is 0 Å². The first-order valence-electron chi connectivity index (χ1n) is 9.49. The van der Waals surface area contributed by atoms with Crippen molar-refractivity contribution < 1.29 is 19.1 Å². The van der Waals surface area contributed by atoms with E-state index >= 15 is 0 Å². The molecule has 0 fully saturated rings. The molecule has 2 aromatic rings. The molecule has 2 rings (SSSR count). The third kappa shape index (κ3) is 6.30. The lowest BCUT2D eigenvalue weighted by atomic mass is 10.1. The summed E-state index contributed by atoms with van der Waals surface area (Å²) in [6, 6.07) is 14.7. The van der Waals surface area contributed by atoms with Crippen molar-refractivity contribution in [1.82, 2.24) is 5.32 Å². The number of amides is 2. The summed E-state index contributed by atoms with van der Waals surface area (Å²) in [7, 11) is 4.80. The zero-order valence-electron chi connectivity index (χ0n) is 17.2. The molecule has 2 amide bonds. The Morgan fingerprint density at radius 3 is 2.41 bits per heavy atom. The van der Waals surface area contributed by atoms with Crippen molar-refractivity contribution in [2.75, 3.05) is 39.3 Å². The quantitative estimate of drug-likeness (QED) is 0.637. The molecule has 29 heavy (non-hydrogen) atoms. The molecule has 0 bridgehead atoms. The second-order valence-electron chi connectivity index (χ2n) is 6.62. The molecule has 0 saturated carbocycles. The van der Waals surface area contributed by atoms with Crippen molar-refractivity contribution in [1.29, 1.82) is 0 Å². The number of hydrogen-bond donors (Lipinski definition) is 2. The summed E-state index contributed by atoms with van der Waals surface area (Å²) >= 11 is 0. The van der Waals surface area contributed by atoms with E-state index in [9.17, 15) is 9.59 Å². The molecule has 156 valence electrons. The Morgan fingerprint density at radius 1 is 1.10 bits per heavy atom. The van der Waals surface area contributed by atoms with Gasteiger partial charge < -0.3 is 25.4 Å². The van der Waals surface area contributed by atoms with Gasteiger partial charge in [0, 0.05) is 27.2 Å². The van der Waals surface area contributed by atoms with Crippen LogP contribution in [-0.2, 0) is 16.0 Å². The van der Waals surface area contributed by atoms with Crippen molar-refractivity contribution in [3.05, 3.63) is 59.7 Å². The SMILES string of the molecule is COc1ccc(CCNC(=O)c2ccccc2N(C)C(=O)CC(CN)OC)cc1. The van der Waals surface area contributed by atoms with Crippen LogP contribution in [0.1, 0.15) is 22.3 Å². The average Bonchev–Trinajstić information content (AvgIpc) is 2.77. The molecule has 1 atom stereocenters. The number of carbonyl (C=O) groups excluding carboxylic acids is 2. The van der Waals surface area contributed by atoms with Crippen LogP contribution in [0.15, 0.2) is 48.5 Å². The molecule has 0 aliphatic heterocycles. The molecule has 0 aromatic heterocycles. The summed E-state index contributed by atoms with van der Waals surface area (Å²) in [6.07, 6.45) is 0.491. The second kappa shape index (κ2) is 11.2. The van der Waals surface area contributed by atoms with Gasteiger partial charge in [-0.05, 0) is 36.2 Å². The van der Waals surface area contributed by atoms with Crippen LogP contribution in [0.5, 0.6) is 5.75 Å². The fourth-order valence-electron chi connectivity index (χ4n) is 2.89. The minimum Gasteiger partial charge on any atom is -0.497 e. The molecular formula is C22H29N3O4. The highest BCUT2D eigenvalue weighted by Gasteiger charge is 2.20. The molecular weight excluding hydrogens is 370 g/mol. The minimum absolute atomic E-state index is 0.150. The van der Waals surface area contributed by atoms with E-state index in [-0.39, 0.29) is 30.9 Å². The van der Waals surface area contributed by atoms with Gasteiger partial charge in [0.05, 0.1) is 30.9 Å². The van der Waals surface area contributed by atoms with Gasteiger partial charge in [-0.2, -0.15) is 0 Å². The predicted molar refractivity (Wildman–Crippen MR) is 113 cm³/mol. The van der Waals surface area contributed by atoms with E-state index in [1.54, 1.807) is 38.4 Å². The van der Waals surface area contributed by atoms with Gasteiger partial charge in [0.2, 0.25) is 5.91 Å². The maximum absolute atomic E-state index is 12.7. The van der Waals surface area contributed by atoms with Gasteiger partial charge in [0.1, 0.15) is 5.75 Å². The molecule has 0 aliphatic rings. The molecule has 0 heterocycles. The van der Waals surface area contributed by atoms with Gasteiger partial charge >= 0.3 is 0 Å². The number of nitrogens with one attached hydrogen (secondary N) is 1. The Balaban J connectivity index is 2.00. The first kappa shape index (κ1) is 22.4. The molecule has 7 heteroatoms. The topological polar surface area (TPSA) is 93.9 Å². The van der Waals surface area contributed by atoms with Crippen LogP contribution in [0.4, 0.5) is 5.69 Å². The molecule has 3 N–H and O–H groups in total. The van der Waals surface area contributed by atoms with Gasteiger partial charge in [-0.25, -0.2) is 0 Å². The highest BCUT2D eigenvalue weighted by Crippen LogP contribution is 2.20. The number of rotatable bonds is 10. The van der Waals surface area contributed by atoms with E-state index in [1.165, 1.54) is 12.0 Å². The molecule has 7 nitrogen and oxygen atoms in total. The standard InChI is InChI=1S/C22H29N3O4/c1-25(21(26)14-18(15-23)29-3)20-7-5-4-6-19(20)22(27)24-13-12-16-8-10-17(28-2)11-9-16/h4-11,18H,12-15,23H2,1-3H3,(H,24,27). The van der Waals surface area contributed by atoms with Crippen LogP contribution in [0.2, 0.25) is 0 Å². The number of ether oxygens (including phenoxy) is 2. The van der Waals surface area contributed by atoms with Crippen LogP contribution in [-0.4, -0.2) is 52.3 Å². The Bertz CT molecular complexity index is 804. The highest BCUT2D eigenvalue weighted by molar-refractivity contribution is 6.04. The van der Waals surface area contributed by atoms with Crippen molar-refractivity contribution in [3.63, 3.8) is 0 Å². The lowest BCUT2D eigenvalue weighted by molar-refractivity contribution is -0.120. The number of nitrogens with zero attached hydrogens (tertiary/aromatic N) is 1. The summed E-state index contributed by atoms with van der Waals surface area (Å²) < 4.78 is 10.3. The maximum atomic E-state index is 12.7. The Kier molecular flexibility index (Phi) is 8.64. The third-order valence-corrected chi connectivity index (χ3v) is 4.74. The third-order valence-electron chi connectivity index (χ3n) is 4.74. The molecule has 0 spiro atoms. The molecule has 0 saturated heterocycles. The first-order chi connectivity index (χ1) is 14.0. The second-order valence-corrected chi connectivity index (χ2v) is 6.62. The van der Waals surface area contributed by atoms with E-state index < -0.39 is 0 Å². The number of nitrogens with two attached hydrogens (primary N) is 1. The lowest BCUT2D eigenvalue weighted by Gasteiger charge is -2.22. The summed E-state index contributed by atoms with van der Waals surface area (Å²) in [5.74, 6) is 0.404. The van der Waals surface area contributed by atoms with Crippen LogP contribution >= 0.6 is 0 Å². The van der Waals surface area contributed by atoms with Gasteiger partial charge in [0.15, 0.2) is 0 Å². The Hall–Kier alpha value is -2.90. The molecule has 0 aliphatic carbocycles. The van der Waals surface area contributed by atoms with Crippen LogP contribution in [0.25, 0.3) is 0 Å². The van der Waals surface area contributed by atoms with E-state index in [2.05, 4.69) is 5.32 Å². The van der Waals surface area contributed by atoms with Gasteiger partial charge in [-0.3, -0.25) is 9.59 Å². The maximum Gasteiger partial charge on any atom is 0.253 e. The van der Waals surface area contributed by atoms with Gasteiger partial charge in [0.25, 0.3) is 5.91 Å². The van der Waals surface area contributed by atoms with E-state index in [4.69, 9.17) is 15.2 Å². The lowest BCUT2D eigenvalue weighted by Crippen LogP contribution is -2.35. The summed E-state index contributed by atoms with van der Waals surface area (Å²) in [6.45, 7) is 0.736. The molecule has 0 radical (unpaired) electrons. The number of carbonyl (C=O) groups is 2. The number of methoxy groups -OCH3 is 2. The summed E-state index contributed by atoms with van der Waals surface area (Å²) in [5.41, 5.74) is 7.69. The van der Waals surface area contributed by atoms with Crippen LogP contribution < -0.4 is 20.7 Å². The fourth-order valence-corrected chi connectivity index (χ4v) is 2.89. The van der Waals surface area contributed by atoms with Crippen LogP contribution in [0.3, 0.4) is 0 Å². The number of hydrogen-bond acceptors (Lipinski definition) is 5. The monoisotopic (exact) mass is 399 g/mol. The van der Waals surface area contributed by atoms with Crippen molar-refractivity contribution in [2.45, 2.75) is 18.9 Å². The minimum atomic E-state index is -0.351. The largest absolute Gasteiger partial charge is 0.497 e. The highest BCUT2D eigenvalue weighted by atomic mass is 16.5. The van der Waals surface area contributed by atoms with E-state index in [0.717, 1.165) is 11.3 Å². The number of anilines is 1. The van der Waals surface area contributed by atoms with Gasteiger partial charge in [-0.1, -0.05) is 24.3 Å². The normalized spacial score (nSPS) is 11.6. The average molecular weight is 399 g/mol. The zero-order chi connectivity index (χ0) is 21.2. The number of benzene rings is 2. The smallest absolute Gasteiger partial charge is 0.253 e. The molecule has 1 unspecified atom stereocenters. The predicted octanol–water partition coefficient (Wildman–Crippen LogP) is 1.99. The zero-order valence-corrected chi connectivity index (χ0v) is 17.2. The Labute approximate surface area is 171 Å². The molecule has 2 aromatic carbocycles. The number of para-hydroxylation sites is 1. The van der Waals surface area contributed by atoms with Crippen molar-refractivity contribution in [2.24, 2.45) is 5.73 Å². The van der Waals surface area contributed by atoms with Crippen molar-refractivity contribution >= 4 is 17.5 Å². The summed E-state index contributed by atoms with van der Waals surface area (Å²) in [4.78, 5) is 26.7. The fraction of sp³-hybridized carbons (Fsp3) is 0.364. The Morgan fingerprint density at radius 2 is 1.79 bits per heavy atom. The summed E-state index contributed by atoms with van der Waals surface area (Å²) in [5, 5.41) is 2.92. The van der Waals surface area contributed by atoms with Crippen LogP contribution in [0, 0.1) is 0 Å². The first-order valence-corrected chi connectivity index (χ1v) is 9.49.